The van der Waals surface area contributed by atoms with E-state index in [1.807, 2.05) is 61.5 Å². The Morgan fingerprint density at radius 3 is 2.18 bits per heavy atom. The predicted octanol–water partition coefficient (Wildman–Crippen LogP) is 4.84. The normalized spacial score (nSPS) is 17.4. The van der Waals surface area contributed by atoms with Gasteiger partial charge in [0.25, 0.3) is 0 Å². The monoisotopic (exact) mass is 460 g/mol. The molecule has 2 atom stereocenters. The van der Waals surface area contributed by atoms with Crippen molar-refractivity contribution >= 4 is 23.2 Å². The average Bonchev–Trinajstić information content (AvgIpc) is 3.22. The summed E-state index contributed by atoms with van der Waals surface area (Å²) in [6.45, 7) is 2.37. The number of nitrogens with zero attached hydrogens (tertiary/aromatic N) is 1. The van der Waals surface area contributed by atoms with Gasteiger partial charge in [0.1, 0.15) is 17.2 Å². The van der Waals surface area contributed by atoms with Crippen LogP contribution in [-0.4, -0.2) is 32.6 Å². The van der Waals surface area contributed by atoms with E-state index in [1.165, 1.54) is 0 Å². The van der Waals surface area contributed by atoms with Crippen molar-refractivity contribution in [3.63, 3.8) is 0 Å². The Labute approximate surface area is 199 Å². The number of methoxy groups -OCH3 is 2. The van der Waals surface area contributed by atoms with Gasteiger partial charge in [-0.1, -0.05) is 24.3 Å². The molecule has 1 aliphatic heterocycles. The largest absolute Gasteiger partial charge is 0.497 e. The van der Waals surface area contributed by atoms with E-state index in [9.17, 15) is 9.59 Å². The zero-order valence-electron chi connectivity index (χ0n) is 19.5. The van der Waals surface area contributed by atoms with Crippen molar-refractivity contribution in [1.82, 2.24) is 0 Å². The van der Waals surface area contributed by atoms with Gasteiger partial charge < -0.3 is 24.4 Å². The molecule has 1 fully saturated rings. The number of nitrogens with one attached hydrogen (secondary N) is 1. The summed E-state index contributed by atoms with van der Waals surface area (Å²) in [5, 5.41) is 2.98. The summed E-state index contributed by atoms with van der Waals surface area (Å²) in [6, 6.07) is 21.6. The van der Waals surface area contributed by atoms with Crippen molar-refractivity contribution < 1.29 is 23.8 Å². The second-order valence-corrected chi connectivity index (χ2v) is 7.91. The molecule has 0 aromatic heterocycles. The molecule has 0 unspecified atom stereocenters. The van der Waals surface area contributed by atoms with Crippen LogP contribution in [0.4, 0.5) is 11.4 Å². The first-order chi connectivity index (χ1) is 16.5. The van der Waals surface area contributed by atoms with Crippen LogP contribution in [0.25, 0.3) is 0 Å². The number of anilines is 2. The second kappa shape index (κ2) is 10.3. The van der Waals surface area contributed by atoms with Crippen molar-refractivity contribution in [2.75, 3.05) is 31.0 Å². The molecule has 2 amide bonds. The minimum atomic E-state index is -0.599. The van der Waals surface area contributed by atoms with Gasteiger partial charge in [-0.2, -0.15) is 0 Å². The summed E-state index contributed by atoms with van der Waals surface area (Å²) in [7, 11) is 3.19. The maximum Gasteiger partial charge on any atom is 0.230 e. The van der Waals surface area contributed by atoms with Gasteiger partial charge in [-0.25, -0.2) is 0 Å². The smallest absolute Gasteiger partial charge is 0.230 e. The molecule has 176 valence electrons. The van der Waals surface area contributed by atoms with Crippen molar-refractivity contribution in [2.24, 2.45) is 5.92 Å². The molecule has 3 aromatic rings. The third-order valence-corrected chi connectivity index (χ3v) is 5.91. The Kier molecular flexibility index (Phi) is 7.01. The van der Waals surface area contributed by atoms with Gasteiger partial charge in [0.15, 0.2) is 0 Å². The molecular weight excluding hydrogens is 432 g/mol. The van der Waals surface area contributed by atoms with E-state index in [4.69, 9.17) is 14.2 Å². The minimum absolute atomic E-state index is 0.0887. The van der Waals surface area contributed by atoms with Crippen molar-refractivity contribution in [3.05, 3.63) is 78.4 Å². The van der Waals surface area contributed by atoms with E-state index < -0.39 is 12.0 Å². The van der Waals surface area contributed by atoms with Crippen LogP contribution >= 0.6 is 0 Å². The molecule has 0 bridgehead atoms. The molecule has 0 saturated carbocycles. The van der Waals surface area contributed by atoms with Gasteiger partial charge in [0, 0.05) is 12.1 Å². The van der Waals surface area contributed by atoms with E-state index in [0.717, 1.165) is 5.56 Å². The number of carbonyl (C=O) groups excluding carboxylic acids is 2. The topological polar surface area (TPSA) is 77.1 Å². The zero-order valence-corrected chi connectivity index (χ0v) is 19.5. The predicted molar refractivity (Wildman–Crippen MR) is 131 cm³/mol. The lowest BCUT2D eigenvalue weighted by molar-refractivity contribution is -0.122. The molecule has 4 rings (SSSR count). The Hall–Kier alpha value is -4.00. The van der Waals surface area contributed by atoms with Crippen LogP contribution < -0.4 is 24.4 Å². The third kappa shape index (κ3) is 4.69. The molecule has 1 aliphatic rings. The first-order valence-corrected chi connectivity index (χ1v) is 11.2. The molecule has 0 aliphatic carbocycles. The lowest BCUT2D eigenvalue weighted by atomic mass is 9.92. The van der Waals surface area contributed by atoms with Crippen LogP contribution in [0, 0.1) is 5.92 Å². The number of ether oxygens (including phenoxy) is 3. The van der Waals surface area contributed by atoms with Crippen molar-refractivity contribution in [3.8, 4) is 17.2 Å². The van der Waals surface area contributed by atoms with Crippen LogP contribution in [0.2, 0.25) is 0 Å². The third-order valence-electron chi connectivity index (χ3n) is 5.91. The molecule has 7 nitrogen and oxygen atoms in total. The molecule has 0 radical (unpaired) electrons. The SMILES string of the molecule is CCOc1ccccc1NC(=O)[C@H]1CC(=O)N(c2ccc(OC)cc2)[C@@H]1c1ccc(OC)cc1. The number of rotatable bonds is 8. The van der Waals surface area contributed by atoms with Gasteiger partial charge in [-0.15, -0.1) is 0 Å². The average molecular weight is 461 g/mol. The molecular formula is C27H28N2O5. The van der Waals surface area contributed by atoms with Gasteiger partial charge in [0.05, 0.1) is 38.5 Å². The molecule has 7 heteroatoms. The number of hydrogen-bond donors (Lipinski definition) is 1. The van der Waals surface area contributed by atoms with E-state index >= 15 is 0 Å². The number of carbonyl (C=O) groups is 2. The summed E-state index contributed by atoms with van der Waals surface area (Å²) < 4.78 is 16.2. The molecule has 1 saturated heterocycles. The maximum atomic E-state index is 13.5. The van der Waals surface area contributed by atoms with Crippen LogP contribution in [0.1, 0.15) is 24.9 Å². The maximum absolute atomic E-state index is 13.5. The molecule has 1 N–H and O–H groups in total. The highest BCUT2D eigenvalue weighted by Crippen LogP contribution is 2.43. The lowest BCUT2D eigenvalue weighted by Crippen LogP contribution is -2.32. The Balaban J connectivity index is 1.70. The van der Waals surface area contributed by atoms with Gasteiger partial charge >= 0.3 is 0 Å². The number of hydrogen-bond acceptors (Lipinski definition) is 5. The standard InChI is InChI=1S/C27H28N2O5/c1-4-34-24-8-6-5-7-23(24)28-27(31)22-17-25(30)29(19-11-15-21(33-3)16-12-19)26(22)18-9-13-20(32-2)14-10-18/h5-16,22,26H,4,17H2,1-3H3,(H,28,31)/t22-,26+/m0/s1. The fraction of sp³-hybridized carbons (Fsp3) is 0.259. The zero-order chi connectivity index (χ0) is 24.1. The Bertz CT molecular complexity index is 1140. The van der Waals surface area contributed by atoms with Crippen molar-refractivity contribution in [1.29, 1.82) is 0 Å². The quantitative estimate of drug-likeness (QED) is 0.521. The summed E-state index contributed by atoms with van der Waals surface area (Å²) in [5.74, 6) is 1.03. The highest BCUT2D eigenvalue weighted by Gasteiger charge is 2.45. The van der Waals surface area contributed by atoms with Crippen LogP contribution in [0.5, 0.6) is 17.2 Å². The van der Waals surface area contributed by atoms with Gasteiger partial charge in [-0.3, -0.25) is 9.59 Å². The highest BCUT2D eigenvalue weighted by atomic mass is 16.5. The van der Waals surface area contributed by atoms with E-state index in [2.05, 4.69) is 5.32 Å². The van der Waals surface area contributed by atoms with Gasteiger partial charge in [-0.05, 0) is 61.0 Å². The molecule has 1 heterocycles. The van der Waals surface area contributed by atoms with Crippen LogP contribution in [0.15, 0.2) is 72.8 Å². The highest BCUT2D eigenvalue weighted by molar-refractivity contribution is 6.05. The lowest BCUT2D eigenvalue weighted by Gasteiger charge is -2.29. The molecule has 3 aromatic carbocycles. The van der Waals surface area contributed by atoms with E-state index in [0.29, 0.717) is 35.2 Å². The van der Waals surface area contributed by atoms with Crippen LogP contribution in [0.3, 0.4) is 0 Å². The molecule has 34 heavy (non-hydrogen) atoms. The summed E-state index contributed by atoms with van der Waals surface area (Å²) in [6.07, 6.45) is 0.0887. The van der Waals surface area contributed by atoms with Crippen molar-refractivity contribution in [2.45, 2.75) is 19.4 Å². The fourth-order valence-corrected chi connectivity index (χ4v) is 4.28. The fourth-order valence-electron chi connectivity index (χ4n) is 4.28. The first kappa shape index (κ1) is 23.2. The van der Waals surface area contributed by atoms with E-state index in [1.54, 1.807) is 37.3 Å². The van der Waals surface area contributed by atoms with Crippen LogP contribution in [-0.2, 0) is 9.59 Å². The van der Waals surface area contributed by atoms with Gasteiger partial charge in [0.2, 0.25) is 11.8 Å². The Morgan fingerprint density at radius 2 is 1.56 bits per heavy atom. The number of para-hydroxylation sites is 2. The summed E-state index contributed by atoms with van der Waals surface area (Å²) in [4.78, 5) is 28.4. The van der Waals surface area contributed by atoms with E-state index in [-0.39, 0.29) is 18.2 Å². The second-order valence-electron chi connectivity index (χ2n) is 7.91. The summed E-state index contributed by atoms with van der Waals surface area (Å²) >= 11 is 0. The Morgan fingerprint density at radius 1 is 0.941 bits per heavy atom. The molecule has 0 spiro atoms. The number of amides is 2. The minimum Gasteiger partial charge on any atom is -0.497 e. The number of benzene rings is 3. The summed E-state index contributed by atoms with van der Waals surface area (Å²) in [5.41, 5.74) is 2.13. The first-order valence-electron chi connectivity index (χ1n) is 11.2.